The van der Waals surface area contributed by atoms with Gasteiger partial charge in [-0.1, -0.05) is 51.5 Å². The van der Waals surface area contributed by atoms with Crippen LogP contribution in [0.3, 0.4) is 0 Å². The summed E-state index contributed by atoms with van der Waals surface area (Å²) < 4.78 is 0. The largest absolute Gasteiger partial charge is 0.368 e. The minimum atomic E-state index is -0.689. The molecule has 0 bridgehead atoms. The van der Waals surface area contributed by atoms with Gasteiger partial charge in [-0.25, -0.2) is 0 Å². The van der Waals surface area contributed by atoms with Crippen LogP contribution in [0.25, 0.3) is 0 Å². The molecule has 5 N–H and O–H groups in total. The van der Waals surface area contributed by atoms with E-state index in [2.05, 4.69) is 12.2 Å². The Labute approximate surface area is 161 Å². The SMILES string of the molecule is CCCc1ccc(C(C)N(CC(N)=O)C(=O)CNC(=O)[C@@H](N)C(C)C)cc1. The maximum absolute atomic E-state index is 12.6. The van der Waals surface area contributed by atoms with Gasteiger partial charge in [-0.2, -0.15) is 0 Å². The minimum absolute atomic E-state index is 0.0395. The third kappa shape index (κ3) is 7.02. The van der Waals surface area contributed by atoms with E-state index in [4.69, 9.17) is 11.5 Å². The Morgan fingerprint density at radius 3 is 2.19 bits per heavy atom. The average Bonchev–Trinajstić information content (AvgIpc) is 2.63. The predicted molar refractivity (Wildman–Crippen MR) is 106 cm³/mol. The van der Waals surface area contributed by atoms with Gasteiger partial charge >= 0.3 is 0 Å². The lowest BCUT2D eigenvalue weighted by Gasteiger charge is -2.29. The summed E-state index contributed by atoms with van der Waals surface area (Å²) in [5.74, 6) is -1.43. The van der Waals surface area contributed by atoms with Crippen molar-refractivity contribution in [3.8, 4) is 0 Å². The molecule has 0 saturated carbocycles. The number of primary amides is 1. The van der Waals surface area contributed by atoms with E-state index in [-0.39, 0.29) is 31.0 Å². The maximum atomic E-state index is 12.6. The molecule has 0 heterocycles. The smallest absolute Gasteiger partial charge is 0.242 e. The van der Waals surface area contributed by atoms with E-state index < -0.39 is 17.9 Å². The number of benzene rings is 1. The van der Waals surface area contributed by atoms with Crippen LogP contribution in [-0.4, -0.2) is 41.8 Å². The normalized spacial score (nSPS) is 13.1. The highest BCUT2D eigenvalue weighted by molar-refractivity contribution is 5.89. The lowest BCUT2D eigenvalue weighted by molar-refractivity contribution is -0.138. The third-order valence-electron chi connectivity index (χ3n) is 4.55. The number of aryl methyl sites for hydroxylation is 1. The van der Waals surface area contributed by atoms with Crippen LogP contribution in [0.2, 0.25) is 0 Å². The Balaban J connectivity index is 2.85. The van der Waals surface area contributed by atoms with Crippen molar-refractivity contribution in [2.75, 3.05) is 13.1 Å². The zero-order valence-corrected chi connectivity index (χ0v) is 16.7. The molecule has 0 aliphatic carbocycles. The first-order chi connectivity index (χ1) is 12.7. The van der Waals surface area contributed by atoms with Gasteiger partial charge in [-0.05, 0) is 30.4 Å². The number of carbonyl (C=O) groups is 3. The van der Waals surface area contributed by atoms with Crippen LogP contribution in [0.15, 0.2) is 24.3 Å². The molecule has 7 nitrogen and oxygen atoms in total. The van der Waals surface area contributed by atoms with Crippen LogP contribution in [0, 0.1) is 5.92 Å². The van der Waals surface area contributed by atoms with Crippen molar-refractivity contribution < 1.29 is 14.4 Å². The molecule has 7 heteroatoms. The molecule has 0 saturated heterocycles. The molecular formula is C20H32N4O3. The lowest BCUT2D eigenvalue weighted by atomic mass is 10.0. The predicted octanol–water partition coefficient (Wildman–Crippen LogP) is 1.11. The van der Waals surface area contributed by atoms with E-state index in [0.29, 0.717) is 0 Å². The highest BCUT2D eigenvalue weighted by Crippen LogP contribution is 2.21. The van der Waals surface area contributed by atoms with Crippen molar-refractivity contribution in [1.82, 2.24) is 10.2 Å². The molecule has 0 aliphatic rings. The monoisotopic (exact) mass is 376 g/mol. The molecular weight excluding hydrogens is 344 g/mol. The van der Waals surface area contributed by atoms with Crippen LogP contribution in [0.4, 0.5) is 0 Å². The van der Waals surface area contributed by atoms with E-state index in [1.807, 2.05) is 45.0 Å². The standard InChI is InChI=1S/C20H32N4O3/c1-5-6-15-7-9-16(10-8-15)14(4)24(12-17(21)25)18(26)11-23-20(27)19(22)13(2)3/h7-10,13-14,19H,5-6,11-12,22H2,1-4H3,(H2,21,25)(H,23,27)/t14?,19-/m0/s1. The van der Waals surface area contributed by atoms with Gasteiger partial charge in [-0.3, -0.25) is 14.4 Å². The minimum Gasteiger partial charge on any atom is -0.368 e. The fourth-order valence-electron chi connectivity index (χ4n) is 2.73. The fraction of sp³-hybridized carbons (Fsp3) is 0.550. The maximum Gasteiger partial charge on any atom is 0.242 e. The Morgan fingerprint density at radius 1 is 1.11 bits per heavy atom. The molecule has 1 unspecified atom stereocenters. The van der Waals surface area contributed by atoms with Gasteiger partial charge in [-0.15, -0.1) is 0 Å². The number of nitrogens with one attached hydrogen (secondary N) is 1. The van der Waals surface area contributed by atoms with E-state index in [1.165, 1.54) is 10.5 Å². The Kier molecular flexibility index (Phi) is 8.94. The summed E-state index contributed by atoms with van der Waals surface area (Å²) in [4.78, 5) is 37.4. The summed E-state index contributed by atoms with van der Waals surface area (Å²) in [5, 5.41) is 2.54. The number of nitrogens with two attached hydrogens (primary N) is 2. The topological polar surface area (TPSA) is 119 Å². The van der Waals surface area contributed by atoms with Gasteiger partial charge in [0, 0.05) is 0 Å². The van der Waals surface area contributed by atoms with Crippen LogP contribution < -0.4 is 16.8 Å². The van der Waals surface area contributed by atoms with E-state index >= 15 is 0 Å². The van der Waals surface area contributed by atoms with Crippen LogP contribution in [-0.2, 0) is 20.8 Å². The Hall–Kier alpha value is -2.41. The molecule has 150 valence electrons. The molecule has 2 atom stereocenters. The number of rotatable bonds is 10. The quantitative estimate of drug-likeness (QED) is 0.567. The number of hydrogen-bond donors (Lipinski definition) is 3. The molecule has 3 amide bonds. The van der Waals surface area contributed by atoms with Crippen molar-refractivity contribution >= 4 is 17.7 Å². The molecule has 0 fully saturated rings. The molecule has 27 heavy (non-hydrogen) atoms. The summed E-state index contributed by atoms with van der Waals surface area (Å²) in [7, 11) is 0. The van der Waals surface area contributed by atoms with E-state index in [1.54, 1.807) is 0 Å². The van der Waals surface area contributed by atoms with Crippen molar-refractivity contribution in [1.29, 1.82) is 0 Å². The summed E-state index contributed by atoms with van der Waals surface area (Å²) >= 11 is 0. The molecule has 0 radical (unpaired) electrons. The van der Waals surface area contributed by atoms with Crippen molar-refractivity contribution in [3.63, 3.8) is 0 Å². The van der Waals surface area contributed by atoms with Gasteiger partial charge < -0.3 is 21.7 Å². The Morgan fingerprint density at radius 2 is 1.70 bits per heavy atom. The molecule has 1 aromatic carbocycles. The summed E-state index contributed by atoms with van der Waals surface area (Å²) in [6.07, 6.45) is 2.04. The molecule has 1 rings (SSSR count). The summed E-state index contributed by atoms with van der Waals surface area (Å²) in [5.41, 5.74) is 13.2. The number of carbonyl (C=O) groups excluding carboxylic acids is 3. The fourth-order valence-corrected chi connectivity index (χ4v) is 2.73. The number of nitrogens with zero attached hydrogens (tertiary/aromatic N) is 1. The second kappa shape index (κ2) is 10.7. The summed E-state index contributed by atoms with van der Waals surface area (Å²) in [6.45, 7) is 7.15. The first-order valence-corrected chi connectivity index (χ1v) is 9.37. The molecule has 0 spiro atoms. The van der Waals surface area contributed by atoms with E-state index in [9.17, 15) is 14.4 Å². The van der Waals surface area contributed by atoms with Gasteiger partial charge in [0.05, 0.1) is 25.2 Å². The first-order valence-electron chi connectivity index (χ1n) is 9.37. The van der Waals surface area contributed by atoms with Crippen LogP contribution in [0.1, 0.15) is 51.3 Å². The highest BCUT2D eigenvalue weighted by Gasteiger charge is 2.25. The highest BCUT2D eigenvalue weighted by atomic mass is 16.2. The zero-order chi connectivity index (χ0) is 20.6. The van der Waals surface area contributed by atoms with Gasteiger partial charge in [0.2, 0.25) is 17.7 Å². The molecule has 1 aromatic rings. The van der Waals surface area contributed by atoms with E-state index in [0.717, 1.165) is 18.4 Å². The van der Waals surface area contributed by atoms with Crippen molar-refractivity contribution in [2.45, 2.75) is 52.6 Å². The molecule has 0 aromatic heterocycles. The number of amides is 3. The Bertz CT molecular complexity index is 643. The molecule has 0 aliphatic heterocycles. The number of hydrogen-bond acceptors (Lipinski definition) is 4. The van der Waals surface area contributed by atoms with Crippen molar-refractivity contribution in [3.05, 3.63) is 35.4 Å². The van der Waals surface area contributed by atoms with Gasteiger partial charge in [0.1, 0.15) is 0 Å². The second-order valence-electron chi connectivity index (χ2n) is 7.14. The van der Waals surface area contributed by atoms with Crippen LogP contribution >= 0.6 is 0 Å². The first kappa shape index (κ1) is 22.6. The van der Waals surface area contributed by atoms with Gasteiger partial charge in [0.15, 0.2) is 0 Å². The zero-order valence-electron chi connectivity index (χ0n) is 16.7. The van der Waals surface area contributed by atoms with Crippen LogP contribution in [0.5, 0.6) is 0 Å². The third-order valence-corrected chi connectivity index (χ3v) is 4.55. The summed E-state index contributed by atoms with van der Waals surface area (Å²) in [6, 6.07) is 6.90. The van der Waals surface area contributed by atoms with Gasteiger partial charge in [0.25, 0.3) is 0 Å². The van der Waals surface area contributed by atoms with Crippen molar-refractivity contribution in [2.24, 2.45) is 17.4 Å². The lowest BCUT2D eigenvalue weighted by Crippen LogP contribution is -2.49. The average molecular weight is 377 g/mol. The second-order valence-corrected chi connectivity index (χ2v) is 7.14.